The maximum absolute atomic E-state index is 5.83. The Bertz CT molecular complexity index is 612. The Hall–Kier alpha value is -1.62. The summed E-state index contributed by atoms with van der Waals surface area (Å²) >= 11 is 1.48. The van der Waals surface area contributed by atoms with Gasteiger partial charge in [-0.15, -0.1) is 0 Å². The van der Waals surface area contributed by atoms with Gasteiger partial charge >= 0.3 is 0 Å². The lowest BCUT2D eigenvalue weighted by atomic mass is 9.96. The van der Waals surface area contributed by atoms with Crippen LogP contribution in [0.25, 0.3) is 0 Å². The molecule has 1 aromatic carbocycles. The highest BCUT2D eigenvalue weighted by atomic mass is 32.1. The largest absolute Gasteiger partial charge is 0.399 e. The summed E-state index contributed by atoms with van der Waals surface area (Å²) in [6.45, 7) is 8.18. The molecule has 1 aliphatic heterocycles. The summed E-state index contributed by atoms with van der Waals surface area (Å²) in [6.07, 6.45) is 0. The molecule has 19 heavy (non-hydrogen) atoms. The average Bonchev–Trinajstić information content (AvgIpc) is 2.92. The van der Waals surface area contributed by atoms with Crippen LogP contribution in [0.2, 0.25) is 0 Å². The molecule has 2 N–H and O–H groups in total. The van der Waals surface area contributed by atoms with E-state index in [9.17, 15) is 0 Å². The second-order valence-electron chi connectivity index (χ2n) is 6.03. The third kappa shape index (κ3) is 2.30. The van der Waals surface area contributed by atoms with Crippen molar-refractivity contribution in [1.29, 1.82) is 0 Å². The topological polar surface area (TPSA) is 55.0 Å². The van der Waals surface area contributed by atoms with Gasteiger partial charge in [0.1, 0.15) is 5.82 Å². The van der Waals surface area contributed by atoms with Crippen molar-refractivity contribution >= 4 is 22.4 Å². The third-order valence-corrected chi connectivity index (χ3v) is 4.09. The Balaban J connectivity index is 1.85. The first kappa shape index (κ1) is 12.4. The van der Waals surface area contributed by atoms with Crippen molar-refractivity contribution in [2.24, 2.45) is 0 Å². The van der Waals surface area contributed by atoms with E-state index in [2.05, 4.69) is 47.2 Å². The molecule has 0 unspecified atom stereocenters. The van der Waals surface area contributed by atoms with Gasteiger partial charge < -0.3 is 10.6 Å². The summed E-state index contributed by atoms with van der Waals surface area (Å²) < 4.78 is 4.48. The fourth-order valence-electron chi connectivity index (χ4n) is 2.20. The van der Waals surface area contributed by atoms with E-state index in [-0.39, 0.29) is 5.41 Å². The molecule has 0 atom stereocenters. The van der Waals surface area contributed by atoms with Crippen LogP contribution in [-0.4, -0.2) is 9.36 Å². The SMILES string of the molecule is CC(C)(C)c1nsc(N2Cc3ccc(N)cc3C2)n1. The number of fused-ring (bicyclic) bond motifs is 1. The molecular formula is C14H18N4S. The number of rotatable bonds is 1. The zero-order valence-corrected chi connectivity index (χ0v) is 12.3. The van der Waals surface area contributed by atoms with Gasteiger partial charge in [0.2, 0.25) is 5.13 Å². The highest BCUT2D eigenvalue weighted by Crippen LogP contribution is 2.32. The first-order chi connectivity index (χ1) is 8.93. The zero-order valence-electron chi connectivity index (χ0n) is 11.5. The lowest BCUT2D eigenvalue weighted by Crippen LogP contribution is -2.16. The van der Waals surface area contributed by atoms with Crippen LogP contribution in [0, 0.1) is 0 Å². The highest BCUT2D eigenvalue weighted by Gasteiger charge is 2.25. The van der Waals surface area contributed by atoms with E-state index >= 15 is 0 Å². The molecule has 1 aliphatic rings. The van der Waals surface area contributed by atoms with Crippen molar-refractivity contribution in [3.63, 3.8) is 0 Å². The van der Waals surface area contributed by atoms with E-state index in [1.807, 2.05) is 6.07 Å². The molecule has 0 amide bonds. The number of benzene rings is 1. The van der Waals surface area contributed by atoms with Crippen molar-refractivity contribution < 1.29 is 0 Å². The average molecular weight is 274 g/mol. The number of aromatic nitrogens is 2. The molecule has 3 rings (SSSR count). The minimum Gasteiger partial charge on any atom is -0.399 e. The van der Waals surface area contributed by atoms with E-state index in [0.717, 1.165) is 29.7 Å². The molecule has 5 heteroatoms. The fourth-order valence-corrected chi connectivity index (χ4v) is 3.05. The molecule has 0 radical (unpaired) electrons. The molecule has 0 bridgehead atoms. The number of nitrogen functional groups attached to an aromatic ring is 1. The molecule has 2 heterocycles. The van der Waals surface area contributed by atoms with Gasteiger partial charge in [-0.2, -0.15) is 4.37 Å². The quantitative estimate of drug-likeness (QED) is 0.812. The van der Waals surface area contributed by atoms with Gasteiger partial charge in [-0.05, 0) is 23.3 Å². The van der Waals surface area contributed by atoms with Gasteiger partial charge in [-0.25, -0.2) is 4.98 Å². The van der Waals surface area contributed by atoms with Crippen LogP contribution < -0.4 is 10.6 Å². The summed E-state index contributed by atoms with van der Waals surface area (Å²) in [7, 11) is 0. The number of nitrogens with two attached hydrogens (primary N) is 1. The lowest BCUT2D eigenvalue weighted by Gasteiger charge is -2.14. The molecule has 0 saturated carbocycles. The molecule has 0 saturated heterocycles. The van der Waals surface area contributed by atoms with E-state index < -0.39 is 0 Å². The van der Waals surface area contributed by atoms with E-state index in [1.54, 1.807) is 0 Å². The Kier molecular flexibility index (Phi) is 2.74. The van der Waals surface area contributed by atoms with Crippen molar-refractivity contribution in [3.05, 3.63) is 35.2 Å². The van der Waals surface area contributed by atoms with Gasteiger partial charge in [-0.1, -0.05) is 26.8 Å². The van der Waals surface area contributed by atoms with Gasteiger partial charge in [0.25, 0.3) is 0 Å². The number of hydrogen-bond donors (Lipinski definition) is 1. The molecule has 0 aliphatic carbocycles. The molecule has 4 nitrogen and oxygen atoms in total. The Labute approximate surface area is 117 Å². The Morgan fingerprint density at radius 1 is 1.21 bits per heavy atom. The first-order valence-electron chi connectivity index (χ1n) is 6.40. The molecular weight excluding hydrogens is 256 g/mol. The van der Waals surface area contributed by atoms with Crippen LogP contribution in [-0.2, 0) is 18.5 Å². The molecule has 100 valence electrons. The van der Waals surface area contributed by atoms with Crippen molar-refractivity contribution in [2.75, 3.05) is 10.6 Å². The van der Waals surface area contributed by atoms with Crippen LogP contribution in [0.3, 0.4) is 0 Å². The molecule has 2 aromatic rings. The zero-order chi connectivity index (χ0) is 13.6. The summed E-state index contributed by atoms with van der Waals surface area (Å²) in [6, 6.07) is 6.13. The summed E-state index contributed by atoms with van der Waals surface area (Å²) in [5, 5.41) is 1.000. The first-order valence-corrected chi connectivity index (χ1v) is 7.17. The van der Waals surface area contributed by atoms with Gasteiger partial charge in [0.05, 0.1) is 0 Å². The summed E-state index contributed by atoms with van der Waals surface area (Å²) in [4.78, 5) is 6.93. The second-order valence-corrected chi connectivity index (χ2v) is 6.77. The third-order valence-electron chi connectivity index (χ3n) is 3.31. The summed E-state index contributed by atoms with van der Waals surface area (Å²) in [5.41, 5.74) is 9.30. The van der Waals surface area contributed by atoms with Crippen LogP contribution >= 0.6 is 11.5 Å². The molecule has 1 aromatic heterocycles. The van der Waals surface area contributed by atoms with E-state index in [0.29, 0.717) is 0 Å². The van der Waals surface area contributed by atoms with Crippen LogP contribution in [0.15, 0.2) is 18.2 Å². The monoisotopic (exact) mass is 274 g/mol. The molecule has 0 fully saturated rings. The van der Waals surface area contributed by atoms with Crippen LogP contribution in [0.1, 0.15) is 37.7 Å². The maximum atomic E-state index is 5.83. The van der Waals surface area contributed by atoms with Crippen LogP contribution in [0.4, 0.5) is 10.8 Å². The minimum atomic E-state index is 0.00571. The number of anilines is 2. The van der Waals surface area contributed by atoms with Gasteiger partial charge in [0, 0.05) is 35.7 Å². The van der Waals surface area contributed by atoms with E-state index in [4.69, 9.17) is 5.73 Å². The van der Waals surface area contributed by atoms with Crippen molar-refractivity contribution in [2.45, 2.75) is 39.3 Å². The number of nitrogens with zero attached hydrogens (tertiary/aromatic N) is 3. The smallest absolute Gasteiger partial charge is 0.205 e. The van der Waals surface area contributed by atoms with Crippen molar-refractivity contribution in [1.82, 2.24) is 9.36 Å². The minimum absolute atomic E-state index is 0.00571. The second kappa shape index (κ2) is 4.20. The summed E-state index contributed by atoms with van der Waals surface area (Å²) in [5.74, 6) is 0.919. The maximum Gasteiger partial charge on any atom is 0.205 e. The predicted molar refractivity (Wildman–Crippen MR) is 79.4 cm³/mol. The normalized spacial score (nSPS) is 14.8. The predicted octanol–water partition coefficient (Wildman–Crippen LogP) is 2.94. The van der Waals surface area contributed by atoms with Gasteiger partial charge in [0.15, 0.2) is 0 Å². The number of hydrogen-bond acceptors (Lipinski definition) is 5. The van der Waals surface area contributed by atoms with E-state index in [1.165, 1.54) is 22.7 Å². The van der Waals surface area contributed by atoms with Crippen LogP contribution in [0.5, 0.6) is 0 Å². The standard InChI is InChI=1S/C14H18N4S/c1-14(2,3)12-16-13(19-17-12)18-7-9-4-5-11(15)6-10(9)8-18/h4-6H,7-8,15H2,1-3H3. The molecule has 0 spiro atoms. The Morgan fingerprint density at radius 3 is 2.63 bits per heavy atom. The van der Waals surface area contributed by atoms with Gasteiger partial charge in [-0.3, -0.25) is 0 Å². The Morgan fingerprint density at radius 2 is 1.95 bits per heavy atom. The lowest BCUT2D eigenvalue weighted by molar-refractivity contribution is 0.554. The fraction of sp³-hybridized carbons (Fsp3) is 0.429. The highest BCUT2D eigenvalue weighted by molar-refractivity contribution is 7.09. The van der Waals surface area contributed by atoms with Crippen molar-refractivity contribution in [3.8, 4) is 0 Å².